The van der Waals surface area contributed by atoms with Crippen LogP contribution in [0.3, 0.4) is 0 Å². The minimum absolute atomic E-state index is 0.0557. The molecule has 184 valence electrons. The first kappa shape index (κ1) is 30.0. The molecule has 2 unspecified atom stereocenters. The molecule has 0 rings (SSSR count). The summed E-state index contributed by atoms with van der Waals surface area (Å²) in [5, 5.41) is 0. The fourth-order valence-corrected chi connectivity index (χ4v) is 3.51. The van der Waals surface area contributed by atoms with Gasteiger partial charge in [-0.25, -0.2) is 4.57 Å². The summed E-state index contributed by atoms with van der Waals surface area (Å²) in [4.78, 5) is 33.6. The number of phosphoric ester groups is 1. The highest BCUT2D eigenvalue weighted by Gasteiger charge is 2.25. The van der Waals surface area contributed by atoms with Gasteiger partial charge in [-0.1, -0.05) is 65.2 Å². The summed E-state index contributed by atoms with van der Waals surface area (Å²) in [6.07, 6.45) is 9.61. The molecule has 0 saturated carbocycles. The topological polar surface area (TPSA) is 134 Å². The SMILES string of the molecule is CCCCCCCCCC(=O)OC(COC(=O)CCCCC)COP(=O)(O)OCCN. The van der Waals surface area contributed by atoms with Crippen LogP contribution in [0, 0.1) is 0 Å². The lowest BCUT2D eigenvalue weighted by Gasteiger charge is -2.19. The molecule has 0 aliphatic rings. The Balaban J connectivity index is 4.45. The quantitative estimate of drug-likeness (QED) is 0.144. The van der Waals surface area contributed by atoms with Crippen LogP contribution in [0.5, 0.6) is 0 Å². The Bertz CT molecular complexity index is 518. The van der Waals surface area contributed by atoms with Crippen molar-refractivity contribution in [3.63, 3.8) is 0 Å². The highest BCUT2D eigenvalue weighted by Crippen LogP contribution is 2.43. The lowest BCUT2D eigenvalue weighted by molar-refractivity contribution is -0.161. The highest BCUT2D eigenvalue weighted by molar-refractivity contribution is 7.47. The maximum absolute atomic E-state index is 12.1. The van der Waals surface area contributed by atoms with Crippen LogP contribution in [-0.2, 0) is 32.7 Å². The minimum Gasteiger partial charge on any atom is -0.462 e. The van der Waals surface area contributed by atoms with E-state index in [-0.39, 0.29) is 32.6 Å². The number of carbonyl (C=O) groups is 2. The van der Waals surface area contributed by atoms with Crippen LogP contribution in [0.15, 0.2) is 0 Å². The summed E-state index contributed by atoms with van der Waals surface area (Å²) in [6, 6.07) is 0. The normalized spacial score (nSPS) is 14.1. The Morgan fingerprint density at radius 2 is 1.39 bits per heavy atom. The number of phosphoric acid groups is 1. The van der Waals surface area contributed by atoms with Gasteiger partial charge in [-0.2, -0.15) is 0 Å². The van der Waals surface area contributed by atoms with E-state index in [1.54, 1.807) is 0 Å². The molecule has 0 amide bonds. The van der Waals surface area contributed by atoms with Crippen molar-refractivity contribution in [1.82, 2.24) is 0 Å². The zero-order valence-corrected chi connectivity index (χ0v) is 20.1. The molecule has 0 heterocycles. The van der Waals surface area contributed by atoms with E-state index in [0.717, 1.165) is 32.1 Å². The molecule has 0 aliphatic carbocycles. The van der Waals surface area contributed by atoms with Gasteiger partial charge in [-0.15, -0.1) is 0 Å². The summed E-state index contributed by atoms with van der Waals surface area (Å²) in [5.74, 6) is -0.868. The van der Waals surface area contributed by atoms with Crippen LogP contribution in [0.4, 0.5) is 0 Å². The van der Waals surface area contributed by atoms with Crippen LogP contribution < -0.4 is 5.73 Å². The third-order valence-electron chi connectivity index (χ3n) is 4.49. The van der Waals surface area contributed by atoms with Crippen molar-refractivity contribution in [3.05, 3.63) is 0 Å². The van der Waals surface area contributed by atoms with Gasteiger partial charge >= 0.3 is 19.8 Å². The maximum Gasteiger partial charge on any atom is 0.472 e. The van der Waals surface area contributed by atoms with Crippen LogP contribution in [0.2, 0.25) is 0 Å². The number of ether oxygens (including phenoxy) is 2. The molecule has 0 saturated heterocycles. The molecule has 0 aliphatic heterocycles. The first-order valence-corrected chi connectivity index (χ1v) is 13.0. The molecular formula is C21H42NO8P. The Morgan fingerprint density at radius 1 is 0.839 bits per heavy atom. The lowest BCUT2D eigenvalue weighted by Crippen LogP contribution is -2.29. The van der Waals surface area contributed by atoms with Gasteiger partial charge in [0, 0.05) is 19.4 Å². The van der Waals surface area contributed by atoms with E-state index in [2.05, 4.69) is 11.4 Å². The second-order valence-corrected chi connectivity index (χ2v) is 8.96. The standard InChI is InChI=1S/C21H42NO8P/c1-3-5-7-8-9-10-12-14-21(24)30-19(17-27-20(23)13-11-6-4-2)18-29-31(25,26)28-16-15-22/h19H,3-18,22H2,1-2H3,(H,25,26). The third kappa shape index (κ3) is 19.4. The van der Waals surface area contributed by atoms with Crippen LogP contribution >= 0.6 is 7.82 Å². The predicted molar refractivity (Wildman–Crippen MR) is 118 cm³/mol. The van der Waals surface area contributed by atoms with Gasteiger partial charge in [0.2, 0.25) is 0 Å². The van der Waals surface area contributed by atoms with Crippen molar-refractivity contribution in [2.24, 2.45) is 5.73 Å². The molecule has 10 heteroatoms. The zero-order chi connectivity index (χ0) is 23.4. The van der Waals surface area contributed by atoms with Crippen molar-refractivity contribution >= 4 is 19.8 Å². The molecule has 9 nitrogen and oxygen atoms in total. The second kappa shape index (κ2) is 19.7. The van der Waals surface area contributed by atoms with Gasteiger partial charge in [0.25, 0.3) is 0 Å². The van der Waals surface area contributed by atoms with Gasteiger partial charge in [0.1, 0.15) is 6.61 Å². The van der Waals surface area contributed by atoms with Crippen molar-refractivity contribution < 1.29 is 37.6 Å². The highest BCUT2D eigenvalue weighted by atomic mass is 31.2. The predicted octanol–water partition coefficient (Wildman–Crippen LogP) is 4.25. The van der Waals surface area contributed by atoms with Crippen LogP contribution in [0.1, 0.15) is 90.9 Å². The Labute approximate surface area is 186 Å². The molecule has 0 aromatic carbocycles. The van der Waals surface area contributed by atoms with E-state index in [9.17, 15) is 19.0 Å². The third-order valence-corrected chi connectivity index (χ3v) is 5.48. The summed E-state index contributed by atoms with van der Waals surface area (Å²) in [7, 11) is -4.33. The Hall–Kier alpha value is -0.990. The van der Waals surface area contributed by atoms with Gasteiger partial charge in [-0.05, 0) is 12.8 Å². The Kier molecular flexibility index (Phi) is 19.0. The maximum atomic E-state index is 12.1. The fourth-order valence-electron chi connectivity index (χ4n) is 2.75. The fraction of sp³-hybridized carbons (Fsp3) is 0.905. The van der Waals surface area contributed by atoms with Crippen molar-refractivity contribution in [2.75, 3.05) is 26.4 Å². The molecule has 3 N–H and O–H groups in total. The van der Waals surface area contributed by atoms with E-state index < -0.39 is 32.5 Å². The first-order valence-electron chi connectivity index (χ1n) is 11.5. The molecule has 0 fully saturated rings. The number of carbonyl (C=O) groups excluding carboxylic acids is 2. The monoisotopic (exact) mass is 467 g/mol. The Morgan fingerprint density at radius 3 is 2.03 bits per heavy atom. The molecule has 31 heavy (non-hydrogen) atoms. The minimum atomic E-state index is -4.33. The molecule has 0 radical (unpaired) electrons. The van der Waals surface area contributed by atoms with Gasteiger partial charge in [0.05, 0.1) is 13.2 Å². The second-order valence-electron chi connectivity index (χ2n) is 7.51. The number of hydrogen-bond acceptors (Lipinski definition) is 8. The number of hydrogen-bond donors (Lipinski definition) is 2. The lowest BCUT2D eigenvalue weighted by atomic mass is 10.1. The molecule has 2 atom stereocenters. The summed E-state index contributed by atoms with van der Waals surface area (Å²) in [5.41, 5.74) is 5.24. The zero-order valence-electron chi connectivity index (χ0n) is 19.2. The number of rotatable bonds is 21. The van der Waals surface area contributed by atoms with E-state index in [1.807, 2.05) is 6.92 Å². The summed E-state index contributed by atoms with van der Waals surface area (Å²) in [6.45, 7) is 3.43. The van der Waals surface area contributed by atoms with E-state index in [4.69, 9.17) is 19.7 Å². The van der Waals surface area contributed by atoms with Crippen molar-refractivity contribution in [2.45, 2.75) is 97.0 Å². The van der Waals surface area contributed by atoms with Gasteiger partial charge < -0.3 is 20.1 Å². The number of unbranched alkanes of at least 4 members (excludes halogenated alkanes) is 8. The molecule has 0 aromatic rings. The van der Waals surface area contributed by atoms with Crippen molar-refractivity contribution in [3.8, 4) is 0 Å². The summed E-state index contributed by atoms with van der Waals surface area (Å²) < 4.78 is 31.8. The largest absolute Gasteiger partial charge is 0.472 e. The van der Waals surface area contributed by atoms with Crippen LogP contribution in [0.25, 0.3) is 0 Å². The summed E-state index contributed by atoms with van der Waals surface area (Å²) >= 11 is 0. The van der Waals surface area contributed by atoms with E-state index in [1.165, 1.54) is 19.3 Å². The van der Waals surface area contributed by atoms with Crippen LogP contribution in [-0.4, -0.2) is 49.3 Å². The average molecular weight is 468 g/mol. The number of nitrogens with two attached hydrogens (primary N) is 1. The van der Waals surface area contributed by atoms with Gasteiger partial charge in [0.15, 0.2) is 6.10 Å². The molecule has 0 spiro atoms. The van der Waals surface area contributed by atoms with Gasteiger partial charge in [-0.3, -0.25) is 18.6 Å². The van der Waals surface area contributed by atoms with Crippen molar-refractivity contribution in [1.29, 1.82) is 0 Å². The average Bonchev–Trinajstić information content (AvgIpc) is 2.73. The smallest absolute Gasteiger partial charge is 0.462 e. The number of esters is 2. The molecule has 0 bridgehead atoms. The molecular weight excluding hydrogens is 425 g/mol. The molecule has 0 aromatic heterocycles. The van der Waals surface area contributed by atoms with E-state index in [0.29, 0.717) is 12.8 Å². The van der Waals surface area contributed by atoms with E-state index >= 15 is 0 Å². The first-order chi connectivity index (χ1) is 14.8.